The van der Waals surface area contributed by atoms with Crippen LogP contribution in [0.15, 0.2) is 91.2 Å². The Bertz CT molecular complexity index is 1810. The molecule has 0 spiro atoms. The molecule has 55 heavy (non-hydrogen) atoms. The second-order valence-electron chi connectivity index (χ2n) is 13.2. The minimum atomic E-state index is -0.345. The quantitative estimate of drug-likeness (QED) is 0.272. The Labute approximate surface area is 322 Å². The number of hydrogen-bond acceptors (Lipinski definition) is 12. The van der Waals surface area contributed by atoms with Crippen LogP contribution in [0.25, 0.3) is 0 Å². The lowest BCUT2D eigenvalue weighted by Crippen LogP contribution is -2.33. The van der Waals surface area contributed by atoms with Crippen LogP contribution in [0.1, 0.15) is 22.6 Å². The van der Waals surface area contributed by atoms with Crippen molar-refractivity contribution in [1.82, 2.24) is 0 Å². The van der Waals surface area contributed by atoms with E-state index in [2.05, 4.69) is 23.6 Å². The van der Waals surface area contributed by atoms with Crippen molar-refractivity contribution in [2.24, 2.45) is 5.92 Å². The first kappa shape index (κ1) is 39.8. The highest BCUT2D eigenvalue weighted by molar-refractivity contribution is 6.00. The Morgan fingerprint density at radius 1 is 0.836 bits per heavy atom. The Kier molecular flexibility index (Phi) is 14.6. The number of rotatable bonds is 9. The molecule has 3 atom stereocenters. The van der Waals surface area contributed by atoms with Gasteiger partial charge in [-0.2, -0.15) is 0 Å². The second kappa shape index (κ2) is 20.2. The number of carbonyl (C=O) groups excluding carboxylic acids is 1. The lowest BCUT2D eigenvalue weighted by atomic mass is 9.76. The number of carbonyl (C=O) groups is 1. The van der Waals surface area contributed by atoms with Crippen LogP contribution in [0.4, 0.5) is 5.69 Å². The standard InChI is InChI=1S/C43H51NO11/c1-4-5-30-6-13-38(47-2)42(24-30)54-29-34-28-52-21-20-51-19-18-49-16-14-44(15-17-50-22-23-53-34)37-12-7-31(25-41(37)48-3)43-35-10-8-32(45)26-39(35)55-40-27-33(46)9-11-36(40)43/h4,6-13,24-27,34-35,43,46H,1,5,14-23,28-29H2,2-3H3. The summed E-state index contributed by atoms with van der Waals surface area (Å²) in [7, 11) is 3.27. The van der Waals surface area contributed by atoms with Gasteiger partial charge in [-0.3, -0.25) is 4.79 Å². The number of phenolic OH excluding ortho intramolecular Hbond substituents is 1. The minimum absolute atomic E-state index is 0.0914. The van der Waals surface area contributed by atoms with Gasteiger partial charge in [0.2, 0.25) is 0 Å². The molecular weight excluding hydrogens is 706 g/mol. The molecule has 2 aliphatic heterocycles. The topological polar surface area (TPSA) is 124 Å². The first-order valence-corrected chi connectivity index (χ1v) is 18.7. The fourth-order valence-electron chi connectivity index (χ4n) is 6.86. The molecule has 3 aliphatic rings. The van der Waals surface area contributed by atoms with Crippen LogP contribution < -0.4 is 23.8 Å². The molecule has 1 aliphatic carbocycles. The Balaban J connectivity index is 1.13. The lowest BCUT2D eigenvalue weighted by Gasteiger charge is -2.35. The summed E-state index contributed by atoms with van der Waals surface area (Å²) in [5.41, 5.74) is 3.86. The van der Waals surface area contributed by atoms with E-state index in [1.54, 1.807) is 32.4 Å². The van der Waals surface area contributed by atoms with Gasteiger partial charge in [0.25, 0.3) is 0 Å². The first-order chi connectivity index (χ1) is 27.0. The molecule has 0 saturated carbocycles. The van der Waals surface area contributed by atoms with Crippen molar-refractivity contribution in [3.05, 3.63) is 108 Å². The van der Waals surface area contributed by atoms with Crippen molar-refractivity contribution in [2.75, 3.05) is 98.3 Å². The fraction of sp³-hybridized carbons (Fsp3) is 0.419. The molecule has 1 saturated heterocycles. The van der Waals surface area contributed by atoms with E-state index in [9.17, 15) is 9.90 Å². The van der Waals surface area contributed by atoms with E-state index in [1.807, 2.05) is 42.5 Å². The molecule has 12 heteroatoms. The van der Waals surface area contributed by atoms with Gasteiger partial charge in [0.1, 0.15) is 35.7 Å². The van der Waals surface area contributed by atoms with Gasteiger partial charge in [0.15, 0.2) is 17.3 Å². The van der Waals surface area contributed by atoms with E-state index in [-0.39, 0.29) is 36.1 Å². The van der Waals surface area contributed by atoms with Gasteiger partial charge < -0.3 is 52.6 Å². The van der Waals surface area contributed by atoms with E-state index in [0.29, 0.717) is 101 Å². The van der Waals surface area contributed by atoms with Gasteiger partial charge in [0, 0.05) is 42.6 Å². The summed E-state index contributed by atoms with van der Waals surface area (Å²) in [5, 5.41) is 10.2. The number of benzene rings is 3. The van der Waals surface area contributed by atoms with Crippen molar-refractivity contribution in [2.45, 2.75) is 18.4 Å². The van der Waals surface area contributed by atoms with Gasteiger partial charge >= 0.3 is 0 Å². The minimum Gasteiger partial charge on any atom is -0.508 e. The summed E-state index contributed by atoms with van der Waals surface area (Å²) in [4.78, 5) is 14.5. The van der Waals surface area contributed by atoms with Crippen molar-refractivity contribution in [1.29, 1.82) is 0 Å². The largest absolute Gasteiger partial charge is 0.508 e. The summed E-state index contributed by atoms with van der Waals surface area (Å²) in [6.07, 6.45) is 7.21. The number of phenols is 1. The number of ketones is 1. The van der Waals surface area contributed by atoms with Crippen LogP contribution in [-0.2, 0) is 34.9 Å². The molecule has 3 aromatic rings. The molecule has 0 bridgehead atoms. The summed E-state index contributed by atoms with van der Waals surface area (Å²) < 4.78 is 53.6. The molecule has 6 rings (SSSR count). The van der Waals surface area contributed by atoms with Crippen molar-refractivity contribution >= 4 is 11.5 Å². The van der Waals surface area contributed by atoms with Crippen LogP contribution in [-0.4, -0.2) is 110 Å². The predicted octanol–water partition coefficient (Wildman–Crippen LogP) is 5.65. The number of ether oxygens (including phenoxy) is 9. The number of hydrogen-bond donors (Lipinski definition) is 1. The zero-order valence-electron chi connectivity index (χ0n) is 31.6. The van der Waals surface area contributed by atoms with Gasteiger partial charge in [-0.15, -0.1) is 6.58 Å². The van der Waals surface area contributed by atoms with E-state index >= 15 is 0 Å². The zero-order valence-corrected chi connectivity index (χ0v) is 31.6. The van der Waals surface area contributed by atoms with Crippen LogP contribution in [0.5, 0.6) is 28.7 Å². The predicted molar refractivity (Wildman–Crippen MR) is 207 cm³/mol. The van der Waals surface area contributed by atoms with Gasteiger partial charge in [0.05, 0.1) is 79.4 Å². The average molecular weight is 758 g/mol. The molecule has 0 amide bonds. The van der Waals surface area contributed by atoms with Gasteiger partial charge in [-0.1, -0.05) is 30.4 Å². The summed E-state index contributed by atoms with van der Waals surface area (Å²) in [5.74, 6) is 2.64. The number of aromatic hydroxyl groups is 1. The second-order valence-corrected chi connectivity index (χ2v) is 13.2. The zero-order chi connectivity index (χ0) is 38.4. The van der Waals surface area contributed by atoms with E-state index in [1.165, 1.54) is 6.08 Å². The average Bonchev–Trinajstić information content (AvgIpc) is 3.19. The Hall–Kier alpha value is -4.85. The fourth-order valence-corrected chi connectivity index (χ4v) is 6.86. The molecule has 12 nitrogen and oxygen atoms in total. The monoisotopic (exact) mass is 757 g/mol. The highest BCUT2D eigenvalue weighted by atomic mass is 16.6. The SMILES string of the molecule is C=CCc1ccc(OC)c(OCC2COCCOCCOCCN(c3ccc(C4c5ccc(O)cc5OC5=CC(=O)C=CC54)cc3OC)CCOCCO2)c1. The number of nitrogens with zero attached hydrogens (tertiary/aromatic N) is 1. The normalized spacial score (nSPS) is 21.5. The number of anilines is 1. The first-order valence-electron chi connectivity index (χ1n) is 18.7. The van der Waals surface area contributed by atoms with Crippen molar-refractivity contribution in [3.8, 4) is 28.7 Å². The molecule has 1 fully saturated rings. The molecule has 3 unspecified atom stereocenters. The van der Waals surface area contributed by atoms with Crippen LogP contribution in [0, 0.1) is 5.92 Å². The maximum absolute atomic E-state index is 12.3. The molecule has 2 heterocycles. The smallest absolute Gasteiger partial charge is 0.181 e. The van der Waals surface area contributed by atoms with E-state index in [0.717, 1.165) is 28.8 Å². The summed E-state index contributed by atoms with van der Waals surface area (Å²) >= 11 is 0. The van der Waals surface area contributed by atoms with Crippen molar-refractivity contribution in [3.63, 3.8) is 0 Å². The van der Waals surface area contributed by atoms with Crippen LogP contribution in [0.3, 0.4) is 0 Å². The van der Waals surface area contributed by atoms with E-state index in [4.69, 9.17) is 42.6 Å². The maximum atomic E-state index is 12.3. The summed E-state index contributed by atoms with van der Waals surface area (Å²) in [6, 6.07) is 17.1. The Morgan fingerprint density at radius 2 is 1.58 bits per heavy atom. The molecule has 0 aromatic heterocycles. The van der Waals surface area contributed by atoms with Gasteiger partial charge in [-0.25, -0.2) is 0 Å². The molecule has 1 N–H and O–H groups in total. The van der Waals surface area contributed by atoms with Crippen LogP contribution in [0.2, 0.25) is 0 Å². The highest BCUT2D eigenvalue weighted by Crippen LogP contribution is 2.49. The molecule has 3 aromatic carbocycles. The van der Waals surface area contributed by atoms with Gasteiger partial charge in [-0.05, 0) is 54.0 Å². The van der Waals surface area contributed by atoms with Crippen molar-refractivity contribution < 1.29 is 52.5 Å². The number of allylic oxidation sites excluding steroid dienone is 4. The molecule has 294 valence electrons. The highest BCUT2D eigenvalue weighted by Gasteiger charge is 2.37. The third-order valence-corrected chi connectivity index (χ3v) is 9.58. The van der Waals surface area contributed by atoms with Crippen LogP contribution >= 0.6 is 0 Å². The molecular formula is C43H51NO11. The third kappa shape index (κ3) is 10.7. The number of fused-ring (bicyclic) bond motifs is 2. The Morgan fingerprint density at radius 3 is 2.35 bits per heavy atom. The third-order valence-electron chi connectivity index (χ3n) is 9.58. The molecule has 0 radical (unpaired) electrons. The summed E-state index contributed by atoms with van der Waals surface area (Å²) in [6.45, 7) is 8.96. The maximum Gasteiger partial charge on any atom is 0.181 e. The lowest BCUT2D eigenvalue weighted by molar-refractivity contribution is -0.110. The van der Waals surface area contributed by atoms with E-state index < -0.39 is 0 Å². The number of methoxy groups -OCH3 is 2.